The Kier molecular flexibility index (Phi) is 4.76. The van der Waals surface area contributed by atoms with E-state index in [-0.39, 0.29) is 0 Å². The van der Waals surface area contributed by atoms with Crippen molar-refractivity contribution in [1.29, 1.82) is 0 Å². The lowest BCUT2D eigenvalue weighted by Gasteiger charge is -2.26. The summed E-state index contributed by atoms with van der Waals surface area (Å²) in [5.41, 5.74) is 14.9. The van der Waals surface area contributed by atoms with Crippen LogP contribution in [0.25, 0.3) is 17.3 Å². The number of para-hydroxylation sites is 1. The van der Waals surface area contributed by atoms with E-state index < -0.39 is 0 Å². The molecule has 5 aliphatic carbocycles. The second kappa shape index (κ2) is 8.39. The highest BCUT2D eigenvalue weighted by Gasteiger charge is 2.37. The van der Waals surface area contributed by atoms with Crippen molar-refractivity contribution in [2.75, 3.05) is 5.32 Å². The summed E-state index contributed by atoms with van der Waals surface area (Å²) in [4.78, 5) is 0. The van der Waals surface area contributed by atoms with Crippen LogP contribution in [0.4, 0.5) is 5.69 Å². The minimum absolute atomic E-state index is 0.414. The third-order valence-electron chi connectivity index (χ3n) is 10.1. The molecule has 7 aliphatic rings. The molecule has 39 heavy (non-hydrogen) atoms. The van der Waals surface area contributed by atoms with Crippen molar-refractivity contribution in [1.82, 2.24) is 4.57 Å². The number of aromatic nitrogens is 1. The number of benzene rings is 1. The topological polar surface area (TPSA) is 26.2 Å². The first-order chi connectivity index (χ1) is 19.3. The van der Waals surface area contributed by atoms with Gasteiger partial charge in [0.1, 0.15) is 11.5 Å². The fourth-order valence-corrected chi connectivity index (χ4v) is 8.25. The van der Waals surface area contributed by atoms with E-state index in [1.165, 1.54) is 65.0 Å². The normalized spacial score (nSPS) is 27.5. The van der Waals surface area contributed by atoms with Gasteiger partial charge in [-0.05, 0) is 110 Å². The van der Waals surface area contributed by atoms with Crippen molar-refractivity contribution in [3.05, 3.63) is 118 Å². The van der Waals surface area contributed by atoms with Gasteiger partial charge in [-0.25, -0.2) is 0 Å². The van der Waals surface area contributed by atoms with Gasteiger partial charge in [-0.3, -0.25) is 0 Å². The van der Waals surface area contributed by atoms with Gasteiger partial charge in [0.15, 0.2) is 0 Å². The Morgan fingerprint density at radius 3 is 2.90 bits per heavy atom. The van der Waals surface area contributed by atoms with Crippen LogP contribution in [0.1, 0.15) is 66.6 Å². The molecular formula is C36H34N2O. The molecule has 0 fully saturated rings. The third kappa shape index (κ3) is 3.28. The number of hydrogen-bond acceptors (Lipinski definition) is 2. The fraction of sp³-hybridized carbons (Fsp3) is 0.333. The zero-order valence-corrected chi connectivity index (χ0v) is 22.4. The maximum atomic E-state index is 6.26. The summed E-state index contributed by atoms with van der Waals surface area (Å²) < 4.78 is 8.93. The quantitative estimate of drug-likeness (QED) is 0.441. The monoisotopic (exact) mass is 510 g/mol. The maximum Gasteiger partial charge on any atom is 0.126 e. The number of allylic oxidation sites excluding steroid dienone is 9. The first-order valence-electron chi connectivity index (χ1n) is 15.0. The Labute approximate surface area is 230 Å². The molecule has 1 N–H and O–H groups in total. The van der Waals surface area contributed by atoms with Gasteiger partial charge < -0.3 is 14.6 Å². The zero-order valence-electron chi connectivity index (χ0n) is 22.4. The molecule has 0 saturated carbocycles. The number of hydrogen-bond donors (Lipinski definition) is 1. The van der Waals surface area contributed by atoms with Crippen LogP contribution in [0.5, 0.6) is 0 Å². The first kappa shape index (κ1) is 22.1. The first-order valence-corrected chi connectivity index (χ1v) is 15.0. The van der Waals surface area contributed by atoms with E-state index in [4.69, 9.17) is 4.74 Å². The lowest BCUT2D eigenvalue weighted by Crippen LogP contribution is -2.19. The number of nitrogens with one attached hydrogen (secondary N) is 1. The summed E-state index contributed by atoms with van der Waals surface area (Å²) in [6, 6.07) is 9.22. The van der Waals surface area contributed by atoms with E-state index in [1.807, 2.05) is 0 Å². The fourth-order valence-electron chi connectivity index (χ4n) is 8.25. The van der Waals surface area contributed by atoms with Crippen LogP contribution in [0.3, 0.4) is 0 Å². The molecule has 3 atom stereocenters. The van der Waals surface area contributed by atoms with Crippen molar-refractivity contribution in [2.24, 2.45) is 11.8 Å². The molecule has 3 heterocycles. The Hall–Kier alpha value is -3.72. The molecule has 3 nitrogen and oxygen atoms in total. The number of rotatable bonds is 2. The molecule has 1 aromatic carbocycles. The van der Waals surface area contributed by atoms with Crippen molar-refractivity contribution in [3.63, 3.8) is 0 Å². The van der Waals surface area contributed by atoms with Gasteiger partial charge in [0.25, 0.3) is 0 Å². The second-order valence-corrected chi connectivity index (χ2v) is 12.2. The lowest BCUT2D eigenvalue weighted by molar-refractivity contribution is 0.316. The Bertz CT molecular complexity index is 1650. The molecule has 0 saturated heterocycles. The number of fused-ring (bicyclic) bond motifs is 8. The predicted molar refractivity (Wildman–Crippen MR) is 159 cm³/mol. The van der Waals surface area contributed by atoms with Crippen LogP contribution in [0.2, 0.25) is 0 Å². The zero-order chi connectivity index (χ0) is 25.5. The van der Waals surface area contributed by atoms with E-state index in [2.05, 4.69) is 82.8 Å². The van der Waals surface area contributed by atoms with Gasteiger partial charge in [-0.1, -0.05) is 42.5 Å². The molecule has 3 unspecified atom stereocenters. The van der Waals surface area contributed by atoms with Crippen LogP contribution in [0, 0.1) is 11.8 Å². The average molecular weight is 511 g/mol. The standard InChI is InChI=1S/C36H34N2O/c1-4-10-31-25(7-1)28-19-22(13-16-32(28)37-31)23-14-17-34-29(20-23)26-8-2-5-11-33(26)38(34)24-15-18-36-30(21-24)27-9-3-6-12-35(27)39-36/h1,4,6-7,10,12-15,17-19,23,30,32,37H,2-3,5,8-9,11,16,20-21H2. The minimum Gasteiger partial charge on any atom is -0.461 e. The van der Waals surface area contributed by atoms with Gasteiger partial charge in [0, 0.05) is 46.6 Å². The van der Waals surface area contributed by atoms with Crippen molar-refractivity contribution in [3.8, 4) is 0 Å². The molecule has 2 aromatic rings. The molecule has 9 rings (SSSR count). The summed E-state index contributed by atoms with van der Waals surface area (Å²) in [5, 5.41) is 3.73. The molecule has 0 radical (unpaired) electrons. The van der Waals surface area contributed by atoms with Crippen LogP contribution in [-0.4, -0.2) is 10.6 Å². The summed E-state index contributed by atoms with van der Waals surface area (Å²) >= 11 is 0. The van der Waals surface area contributed by atoms with Crippen molar-refractivity contribution >= 4 is 23.0 Å². The lowest BCUT2D eigenvalue weighted by atomic mass is 9.80. The molecule has 0 amide bonds. The van der Waals surface area contributed by atoms with E-state index in [1.54, 1.807) is 16.8 Å². The van der Waals surface area contributed by atoms with E-state index in [9.17, 15) is 0 Å². The van der Waals surface area contributed by atoms with E-state index in [0.29, 0.717) is 17.9 Å². The average Bonchev–Trinajstić information content (AvgIpc) is 3.65. The number of nitrogens with zero attached hydrogens (tertiary/aromatic N) is 1. The van der Waals surface area contributed by atoms with Crippen molar-refractivity contribution < 1.29 is 4.74 Å². The molecule has 3 heteroatoms. The number of anilines is 1. The van der Waals surface area contributed by atoms with Gasteiger partial charge >= 0.3 is 0 Å². The van der Waals surface area contributed by atoms with Crippen LogP contribution in [-0.2, 0) is 24.0 Å². The van der Waals surface area contributed by atoms with Gasteiger partial charge in [0.2, 0.25) is 0 Å². The summed E-state index contributed by atoms with van der Waals surface area (Å²) in [6.45, 7) is 0. The highest BCUT2D eigenvalue weighted by Crippen LogP contribution is 2.48. The molecule has 2 aliphatic heterocycles. The molecule has 0 spiro atoms. The predicted octanol–water partition coefficient (Wildman–Crippen LogP) is 8.14. The third-order valence-corrected chi connectivity index (χ3v) is 10.1. The van der Waals surface area contributed by atoms with Gasteiger partial charge in [0.05, 0.1) is 6.04 Å². The van der Waals surface area contributed by atoms with Crippen LogP contribution >= 0.6 is 0 Å². The Morgan fingerprint density at radius 2 is 1.90 bits per heavy atom. The van der Waals surface area contributed by atoms with Gasteiger partial charge in [-0.15, -0.1) is 0 Å². The van der Waals surface area contributed by atoms with Gasteiger partial charge in [-0.2, -0.15) is 0 Å². The Morgan fingerprint density at radius 1 is 0.949 bits per heavy atom. The molecular weight excluding hydrogens is 476 g/mol. The minimum atomic E-state index is 0.414. The van der Waals surface area contributed by atoms with E-state index >= 15 is 0 Å². The van der Waals surface area contributed by atoms with Crippen LogP contribution < -0.4 is 5.32 Å². The molecule has 194 valence electrons. The molecule has 0 bridgehead atoms. The maximum absolute atomic E-state index is 6.26. The number of ether oxygens (including phenoxy) is 1. The van der Waals surface area contributed by atoms with E-state index in [0.717, 1.165) is 43.6 Å². The Balaban J connectivity index is 1.07. The summed E-state index contributed by atoms with van der Waals surface area (Å²) in [5.74, 6) is 3.14. The highest BCUT2D eigenvalue weighted by molar-refractivity contribution is 5.89. The molecule has 1 aromatic heterocycles. The smallest absolute Gasteiger partial charge is 0.126 e. The summed E-state index contributed by atoms with van der Waals surface area (Å²) in [7, 11) is 0. The second-order valence-electron chi connectivity index (χ2n) is 12.2. The van der Waals surface area contributed by atoms with Crippen LogP contribution in [0.15, 0.2) is 89.5 Å². The summed E-state index contributed by atoms with van der Waals surface area (Å²) in [6.07, 6.45) is 29.6. The highest BCUT2D eigenvalue weighted by atomic mass is 16.5. The van der Waals surface area contributed by atoms with Crippen molar-refractivity contribution in [2.45, 2.75) is 63.8 Å². The largest absolute Gasteiger partial charge is 0.461 e. The SMILES string of the molecule is C1=CC2=C(CC1)C1CC(n3c4c(c5c3CCCC5)CC(C3=CCC5Nc6ccccc6C5=C3)C=C4)=CC=C1O2.